The summed E-state index contributed by atoms with van der Waals surface area (Å²) < 4.78 is 20.0. The first-order valence-corrected chi connectivity index (χ1v) is 6.68. The predicted octanol–water partition coefficient (Wildman–Crippen LogP) is 1.75. The second-order valence-corrected chi connectivity index (χ2v) is 4.64. The summed E-state index contributed by atoms with van der Waals surface area (Å²) in [6.07, 6.45) is 0. The Labute approximate surface area is 125 Å². The van der Waals surface area contributed by atoms with Gasteiger partial charge in [-0.05, 0) is 25.1 Å². The van der Waals surface area contributed by atoms with Crippen LogP contribution in [0.5, 0.6) is 0 Å². The summed E-state index contributed by atoms with van der Waals surface area (Å²) in [4.78, 5) is 11.7. The van der Waals surface area contributed by atoms with E-state index in [4.69, 9.17) is 22.1 Å². The van der Waals surface area contributed by atoms with Crippen molar-refractivity contribution in [2.45, 2.75) is 20.0 Å². The highest BCUT2D eigenvalue weighted by Gasteiger charge is 2.20. The highest BCUT2D eigenvalue weighted by Crippen LogP contribution is 2.17. The number of rotatable bonds is 5. The minimum absolute atomic E-state index is 0.0311. The van der Waals surface area contributed by atoms with Gasteiger partial charge in [-0.1, -0.05) is 16.8 Å². The Morgan fingerprint density at radius 3 is 2.95 bits per heavy atom. The van der Waals surface area contributed by atoms with Crippen molar-refractivity contribution in [2.24, 2.45) is 5.73 Å². The van der Waals surface area contributed by atoms with Crippen molar-refractivity contribution >= 4 is 17.6 Å². The summed E-state index contributed by atoms with van der Waals surface area (Å²) >= 11 is 5.84. The summed E-state index contributed by atoms with van der Waals surface area (Å²) in [6, 6.07) is 4.21. The fourth-order valence-corrected chi connectivity index (χ4v) is 2.04. The molecule has 0 aliphatic rings. The maximum Gasteiger partial charge on any atom is 0.360 e. The fourth-order valence-electron chi connectivity index (χ4n) is 1.85. The van der Waals surface area contributed by atoms with E-state index in [0.717, 1.165) is 0 Å². The average molecular weight is 313 g/mol. The van der Waals surface area contributed by atoms with Gasteiger partial charge in [-0.15, -0.1) is 5.10 Å². The molecule has 0 bridgehead atoms. The number of esters is 1. The highest BCUT2D eigenvalue weighted by molar-refractivity contribution is 6.30. The number of halogens is 2. The molecule has 21 heavy (non-hydrogen) atoms. The summed E-state index contributed by atoms with van der Waals surface area (Å²) in [7, 11) is 0. The number of ether oxygens (including phenoxy) is 1. The van der Waals surface area contributed by atoms with Crippen LogP contribution in [0.1, 0.15) is 28.7 Å². The Hall–Kier alpha value is -1.99. The van der Waals surface area contributed by atoms with Crippen LogP contribution in [0.15, 0.2) is 18.2 Å². The van der Waals surface area contributed by atoms with Crippen molar-refractivity contribution in [3.63, 3.8) is 0 Å². The van der Waals surface area contributed by atoms with Crippen LogP contribution in [-0.4, -0.2) is 27.6 Å². The van der Waals surface area contributed by atoms with E-state index < -0.39 is 11.8 Å². The first-order valence-electron chi connectivity index (χ1n) is 6.30. The molecule has 0 fully saturated rings. The molecule has 0 saturated carbocycles. The van der Waals surface area contributed by atoms with Crippen LogP contribution in [0.2, 0.25) is 5.02 Å². The summed E-state index contributed by atoms with van der Waals surface area (Å²) in [5, 5.41) is 8.00. The Morgan fingerprint density at radius 2 is 2.29 bits per heavy atom. The van der Waals surface area contributed by atoms with E-state index in [-0.39, 0.29) is 25.4 Å². The van der Waals surface area contributed by atoms with Crippen LogP contribution in [-0.2, 0) is 17.8 Å². The minimum atomic E-state index is -0.601. The normalized spacial score (nSPS) is 10.7. The molecule has 2 rings (SSSR count). The topological polar surface area (TPSA) is 83.0 Å². The standard InChI is InChI=1S/C13H14ClFN4O2/c1-2-21-13(20)12-11(6-16)19(18-17-12)7-8-5-9(14)3-4-10(8)15/h3-5H,2,6-7,16H2,1H3. The van der Waals surface area contributed by atoms with Gasteiger partial charge in [0.2, 0.25) is 0 Å². The number of hydrogen-bond acceptors (Lipinski definition) is 5. The molecular formula is C13H14ClFN4O2. The van der Waals surface area contributed by atoms with Crippen LogP contribution in [0.3, 0.4) is 0 Å². The number of carbonyl (C=O) groups excluding carboxylic acids is 1. The predicted molar refractivity (Wildman–Crippen MR) is 74.4 cm³/mol. The first-order chi connectivity index (χ1) is 10.1. The van der Waals surface area contributed by atoms with Crippen molar-refractivity contribution in [3.05, 3.63) is 46.0 Å². The lowest BCUT2D eigenvalue weighted by Gasteiger charge is -2.07. The van der Waals surface area contributed by atoms with Crippen LogP contribution in [0.25, 0.3) is 0 Å². The van der Waals surface area contributed by atoms with Gasteiger partial charge in [0.05, 0.1) is 18.8 Å². The zero-order valence-corrected chi connectivity index (χ0v) is 12.1. The Bertz CT molecular complexity index is 660. The molecule has 0 amide bonds. The molecule has 2 aromatic rings. The Morgan fingerprint density at radius 1 is 1.52 bits per heavy atom. The van der Waals surface area contributed by atoms with Gasteiger partial charge < -0.3 is 10.5 Å². The number of hydrogen-bond donors (Lipinski definition) is 1. The van der Waals surface area contributed by atoms with Gasteiger partial charge in [0.1, 0.15) is 5.82 Å². The molecule has 1 heterocycles. The molecule has 1 aromatic heterocycles. The maximum absolute atomic E-state index is 13.7. The van der Waals surface area contributed by atoms with Crippen LogP contribution in [0, 0.1) is 5.82 Å². The smallest absolute Gasteiger partial charge is 0.360 e. The zero-order chi connectivity index (χ0) is 15.4. The molecule has 112 valence electrons. The third-order valence-corrected chi connectivity index (χ3v) is 3.06. The molecule has 0 spiro atoms. The number of carbonyl (C=O) groups is 1. The van der Waals surface area contributed by atoms with Crippen molar-refractivity contribution in [3.8, 4) is 0 Å². The number of aromatic nitrogens is 3. The van der Waals surface area contributed by atoms with E-state index in [0.29, 0.717) is 16.3 Å². The third kappa shape index (κ3) is 3.37. The van der Waals surface area contributed by atoms with E-state index in [1.807, 2.05) is 0 Å². The van der Waals surface area contributed by atoms with Gasteiger partial charge in [0.25, 0.3) is 0 Å². The molecule has 0 saturated heterocycles. The van der Waals surface area contributed by atoms with Gasteiger partial charge >= 0.3 is 5.97 Å². The largest absolute Gasteiger partial charge is 0.461 e. The van der Waals surface area contributed by atoms with Gasteiger partial charge in [0, 0.05) is 17.1 Å². The molecular weight excluding hydrogens is 299 g/mol. The second kappa shape index (κ2) is 6.64. The Balaban J connectivity index is 2.32. The lowest BCUT2D eigenvalue weighted by Crippen LogP contribution is -2.15. The third-order valence-electron chi connectivity index (χ3n) is 2.83. The van der Waals surface area contributed by atoms with E-state index in [1.165, 1.54) is 22.9 Å². The molecule has 0 atom stereocenters. The molecule has 0 radical (unpaired) electrons. The van der Waals surface area contributed by atoms with Gasteiger partial charge in [0.15, 0.2) is 5.69 Å². The summed E-state index contributed by atoms with van der Waals surface area (Å²) in [5.74, 6) is -1.02. The fraction of sp³-hybridized carbons (Fsp3) is 0.308. The molecule has 0 unspecified atom stereocenters. The van der Waals surface area contributed by atoms with Gasteiger partial charge in [-0.3, -0.25) is 0 Å². The van der Waals surface area contributed by atoms with Crippen molar-refractivity contribution < 1.29 is 13.9 Å². The van der Waals surface area contributed by atoms with Crippen molar-refractivity contribution in [1.29, 1.82) is 0 Å². The van der Waals surface area contributed by atoms with E-state index in [1.54, 1.807) is 6.92 Å². The molecule has 0 aliphatic carbocycles. The van der Waals surface area contributed by atoms with E-state index in [9.17, 15) is 9.18 Å². The van der Waals surface area contributed by atoms with Gasteiger partial charge in [-0.2, -0.15) is 0 Å². The highest BCUT2D eigenvalue weighted by atomic mass is 35.5. The number of benzene rings is 1. The monoisotopic (exact) mass is 312 g/mol. The average Bonchev–Trinajstić information content (AvgIpc) is 2.86. The van der Waals surface area contributed by atoms with Crippen LogP contribution >= 0.6 is 11.6 Å². The van der Waals surface area contributed by atoms with Crippen molar-refractivity contribution in [2.75, 3.05) is 6.61 Å². The molecule has 0 aliphatic heterocycles. The lowest BCUT2D eigenvalue weighted by atomic mass is 10.2. The first kappa shape index (κ1) is 15.4. The van der Waals surface area contributed by atoms with Gasteiger partial charge in [-0.25, -0.2) is 13.9 Å². The number of nitrogens with two attached hydrogens (primary N) is 1. The SMILES string of the molecule is CCOC(=O)c1nnn(Cc2cc(Cl)ccc2F)c1CN. The molecule has 1 aromatic carbocycles. The Kier molecular flexibility index (Phi) is 4.87. The van der Waals surface area contributed by atoms with Crippen molar-refractivity contribution in [1.82, 2.24) is 15.0 Å². The van der Waals surface area contributed by atoms with E-state index >= 15 is 0 Å². The lowest BCUT2D eigenvalue weighted by molar-refractivity contribution is 0.0518. The quantitative estimate of drug-likeness (QED) is 0.850. The molecule has 6 nitrogen and oxygen atoms in total. The molecule has 2 N–H and O–H groups in total. The summed E-state index contributed by atoms with van der Waals surface area (Å²) in [6.45, 7) is 2.01. The summed E-state index contributed by atoms with van der Waals surface area (Å²) in [5.41, 5.74) is 6.38. The van der Waals surface area contributed by atoms with E-state index in [2.05, 4.69) is 10.3 Å². The minimum Gasteiger partial charge on any atom is -0.461 e. The van der Waals surface area contributed by atoms with Crippen LogP contribution < -0.4 is 5.73 Å². The van der Waals surface area contributed by atoms with Crippen LogP contribution in [0.4, 0.5) is 4.39 Å². The zero-order valence-electron chi connectivity index (χ0n) is 11.3. The molecule has 8 heteroatoms. The maximum atomic E-state index is 13.7. The second-order valence-electron chi connectivity index (χ2n) is 4.20. The number of nitrogens with zero attached hydrogens (tertiary/aromatic N) is 3.